The second-order valence-corrected chi connectivity index (χ2v) is 6.06. The molecule has 69 valence electrons. The van der Waals surface area contributed by atoms with Crippen molar-refractivity contribution in [3.05, 3.63) is 0 Å². The standard InChI is InChI=1S/C4H12N2O.2BrH.Cu/c5-1-2-6-3-4-7;;;/h6-7H,1-5H2;2*1H;/q;;;+2/p-2. The predicted octanol–water partition coefficient (Wildman–Crippen LogP) is 0.216. The Hall–Kier alpha value is 1.36. The summed E-state index contributed by atoms with van der Waals surface area (Å²) in [4.78, 5) is 0. The normalized spacial score (nSPS) is 8.80. The van der Waals surface area contributed by atoms with E-state index in [1.165, 1.54) is 11.3 Å². The number of rotatable bonds is 4. The molecular weight excluding hydrogens is 315 g/mol. The van der Waals surface area contributed by atoms with E-state index in [2.05, 4.69) is 33.5 Å². The first kappa shape index (κ1) is 13.9. The fourth-order valence-corrected chi connectivity index (χ4v) is 0.306. The zero-order valence-electron chi connectivity index (χ0n) is 5.41. The van der Waals surface area contributed by atoms with Gasteiger partial charge < -0.3 is 16.2 Å². The van der Waals surface area contributed by atoms with Gasteiger partial charge in [-0.3, -0.25) is 0 Å². The molecule has 0 radical (unpaired) electrons. The second kappa shape index (κ2) is 16.8. The van der Waals surface area contributed by atoms with Crippen LogP contribution in [-0.4, -0.2) is 31.3 Å². The van der Waals surface area contributed by atoms with Gasteiger partial charge in [-0.1, -0.05) is 0 Å². The molecule has 0 aromatic heterocycles. The van der Waals surface area contributed by atoms with Gasteiger partial charge in [0.1, 0.15) is 0 Å². The molecule has 0 unspecified atom stereocenters. The number of aliphatic hydroxyl groups excluding tert-OH is 1. The van der Waals surface area contributed by atoms with E-state index >= 15 is 0 Å². The summed E-state index contributed by atoms with van der Waals surface area (Å²) in [7, 11) is 0. The van der Waals surface area contributed by atoms with Gasteiger partial charge in [-0.15, -0.1) is 0 Å². The van der Waals surface area contributed by atoms with E-state index in [4.69, 9.17) is 10.8 Å². The van der Waals surface area contributed by atoms with Gasteiger partial charge in [0.05, 0.1) is 6.61 Å². The summed E-state index contributed by atoms with van der Waals surface area (Å²) in [5.74, 6) is 0. The predicted molar refractivity (Wildman–Crippen MR) is 46.9 cm³/mol. The molecule has 0 aliphatic heterocycles. The Labute approximate surface area is 81.7 Å². The molecule has 0 saturated heterocycles. The number of aliphatic hydroxyl groups is 1. The minimum atomic E-state index is 0.194. The summed E-state index contributed by atoms with van der Waals surface area (Å²) in [6, 6.07) is 0. The van der Waals surface area contributed by atoms with Crippen LogP contribution in [0.2, 0.25) is 0 Å². The molecule has 6 heteroatoms. The third kappa shape index (κ3) is 22.8. The van der Waals surface area contributed by atoms with Crippen molar-refractivity contribution in [2.24, 2.45) is 5.73 Å². The first-order valence-corrected chi connectivity index (χ1v) is 7.31. The van der Waals surface area contributed by atoms with Crippen LogP contribution in [0.5, 0.6) is 0 Å². The SMILES string of the molecule is NCCNCCO.[Br][Cu][Br]. The maximum atomic E-state index is 8.19. The Morgan fingerprint density at radius 3 is 2.20 bits per heavy atom. The van der Waals surface area contributed by atoms with Gasteiger partial charge in [0.2, 0.25) is 0 Å². The molecule has 0 rings (SSSR count). The summed E-state index contributed by atoms with van der Waals surface area (Å²) in [5.41, 5.74) is 5.13. The van der Waals surface area contributed by atoms with Crippen LogP contribution in [0, 0.1) is 0 Å². The minimum absolute atomic E-state index is 0.194. The Morgan fingerprint density at radius 1 is 1.40 bits per heavy atom. The maximum absolute atomic E-state index is 8.19. The van der Waals surface area contributed by atoms with Crippen molar-refractivity contribution in [2.45, 2.75) is 0 Å². The van der Waals surface area contributed by atoms with Gasteiger partial charge in [-0.25, -0.2) is 0 Å². The summed E-state index contributed by atoms with van der Waals surface area (Å²) >= 11 is 7.38. The molecule has 0 saturated carbocycles. The van der Waals surface area contributed by atoms with Crippen molar-refractivity contribution in [3.8, 4) is 0 Å². The van der Waals surface area contributed by atoms with E-state index < -0.39 is 0 Å². The molecule has 0 spiro atoms. The van der Waals surface area contributed by atoms with Crippen LogP contribution in [0.1, 0.15) is 0 Å². The van der Waals surface area contributed by atoms with Crippen LogP contribution < -0.4 is 11.1 Å². The Balaban J connectivity index is 0. The van der Waals surface area contributed by atoms with Crippen molar-refractivity contribution in [1.29, 1.82) is 0 Å². The molecule has 0 bridgehead atoms. The molecule has 0 aliphatic carbocycles. The number of nitrogens with one attached hydrogen (secondary N) is 1. The third-order valence-electron chi connectivity index (χ3n) is 0.610. The summed E-state index contributed by atoms with van der Waals surface area (Å²) in [6.07, 6.45) is 0. The number of hydrogen-bond acceptors (Lipinski definition) is 3. The molecule has 0 amide bonds. The third-order valence-corrected chi connectivity index (χ3v) is 0.610. The van der Waals surface area contributed by atoms with Crippen LogP contribution in [0.4, 0.5) is 0 Å². The average molecular weight is 328 g/mol. The van der Waals surface area contributed by atoms with Gasteiger partial charge in [-0.2, -0.15) is 0 Å². The summed E-state index contributed by atoms with van der Waals surface area (Å²) in [6.45, 7) is 2.28. The second-order valence-electron chi connectivity index (χ2n) is 1.31. The van der Waals surface area contributed by atoms with Crippen molar-refractivity contribution < 1.29 is 16.4 Å². The van der Waals surface area contributed by atoms with Crippen molar-refractivity contribution in [3.63, 3.8) is 0 Å². The molecule has 10 heavy (non-hydrogen) atoms. The monoisotopic (exact) mass is 325 g/mol. The van der Waals surface area contributed by atoms with Crippen LogP contribution >= 0.6 is 28.2 Å². The molecule has 0 aliphatic rings. The van der Waals surface area contributed by atoms with E-state index in [1.54, 1.807) is 0 Å². The fourth-order valence-electron chi connectivity index (χ4n) is 0.306. The Bertz CT molecular complexity index is 48.2. The number of nitrogens with two attached hydrogens (primary N) is 1. The van der Waals surface area contributed by atoms with Crippen LogP contribution in [-0.2, 0) is 11.3 Å². The van der Waals surface area contributed by atoms with Gasteiger partial charge in [0, 0.05) is 19.6 Å². The van der Waals surface area contributed by atoms with E-state index in [-0.39, 0.29) is 6.61 Å². The van der Waals surface area contributed by atoms with E-state index in [9.17, 15) is 0 Å². The van der Waals surface area contributed by atoms with Crippen LogP contribution in [0.3, 0.4) is 0 Å². The molecule has 0 aromatic rings. The first-order valence-electron chi connectivity index (χ1n) is 2.66. The van der Waals surface area contributed by atoms with Crippen molar-refractivity contribution in [1.82, 2.24) is 5.32 Å². The summed E-state index contributed by atoms with van der Waals surface area (Å²) in [5, 5.41) is 11.1. The van der Waals surface area contributed by atoms with Gasteiger partial charge in [0.15, 0.2) is 0 Å². The quantitative estimate of drug-likeness (QED) is 0.511. The molecule has 0 atom stereocenters. The first-order chi connectivity index (χ1) is 4.83. The average Bonchev–Trinajstić information content (AvgIpc) is 1.91. The van der Waals surface area contributed by atoms with Gasteiger partial charge in [-0.05, 0) is 0 Å². The van der Waals surface area contributed by atoms with E-state index in [0.29, 0.717) is 13.1 Å². The molecule has 3 nitrogen and oxygen atoms in total. The fraction of sp³-hybridized carbons (Fsp3) is 1.00. The Kier molecular flexibility index (Phi) is 23.3. The zero-order chi connectivity index (χ0) is 8.24. The number of hydrogen-bond donors (Lipinski definition) is 3. The molecular formula is C4H12Br2CuN2O. The van der Waals surface area contributed by atoms with Crippen LogP contribution in [0.15, 0.2) is 0 Å². The number of halogens is 2. The van der Waals surface area contributed by atoms with Gasteiger partial charge >= 0.3 is 39.6 Å². The topological polar surface area (TPSA) is 58.3 Å². The zero-order valence-corrected chi connectivity index (χ0v) is 9.52. The summed E-state index contributed by atoms with van der Waals surface area (Å²) < 4.78 is 0. The van der Waals surface area contributed by atoms with E-state index in [0.717, 1.165) is 6.54 Å². The van der Waals surface area contributed by atoms with Crippen LogP contribution in [0.25, 0.3) is 0 Å². The molecule has 0 fully saturated rings. The van der Waals surface area contributed by atoms with E-state index in [1.807, 2.05) is 0 Å². The molecule has 4 N–H and O–H groups in total. The van der Waals surface area contributed by atoms with Gasteiger partial charge in [0.25, 0.3) is 0 Å². The Morgan fingerprint density at radius 2 is 1.90 bits per heavy atom. The van der Waals surface area contributed by atoms with Crippen molar-refractivity contribution in [2.75, 3.05) is 26.2 Å². The molecule has 0 aromatic carbocycles. The van der Waals surface area contributed by atoms with Crippen molar-refractivity contribution >= 4 is 28.2 Å². The molecule has 0 heterocycles.